The summed E-state index contributed by atoms with van der Waals surface area (Å²) in [7, 11) is 0. The van der Waals surface area contributed by atoms with E-state index in [1.807, 2.05) is 4.90 Å². The molecule has 0 bridgehead atoms. The summed E-state index contributed by atoms with van der Waals surface area (Å²) >= 11 is 0. The van der Waals surface area contributed by atoms with Gasteiger partial charge in [-0.25, -0.2) is 4.39 Å². The third-order valence-corrected chi connectivity index (χ3v) is 4.74. The number of carbonyl (C=O) groups is 2. The second-order valence-electron chi connectivity index (χ2n) is 6.70. The average Bonchev–Trinajstić information content (AvgIpc) is 2.64. The lowest BCUT2D eigenvalue weighted by Crippen LogP contribution is -2.50. The fraction of sp³-hybridized carbons (Fsp3) is 0.600. The smallest absolute Gasteiger partial charge is 0.254 e. The number of halogens is 1. The highest BCUT2D eigenvalue weighted by Gasteiger charge is 2.24. The molecule has 0 aromatic heterocycles. The van der Waals surface area contributed by atoms with E-state index in [0.29, 0.717) is 38.2 Å². The van der Waals surface area contributed by atoms with Gasteiger partial charge in [-0.2, -0.15) is 0 Å². The van der Waals surface area contributed by atoms with Crippen LogP contribution < -0.4 is 0 Å². The molecule has 2 amide bonds. The third kappa shape index (κ3) is 6.15. The van der Waals surface area contributed by atoms with E-state index in [9.17, 15) is 14.0 Å². The maximum absolute atomic E-state index is 13.3. The summed E-state index contributed by atoms with van der Waals surface area (Å²) in [6, 6.07) is 5.76. The van der Waals surface area contributed by atoms with Crippen LogP contribution in [0.4, 0.5) is 4.39 Å². The predicted octanol–water partition coefficient (Wildman–Crippen LogP) is 3.86. The van der Waals surface area contributed by atoms with Crippen LogP contribution in [0.5, 0.6) is 0 Å². The summed E-state index contributed by atoms with van der Waals surface area (Å²) < 4.78 is 13.3. The number of rotatable bonds is 8. The first-order chi connectivity index (χ1) is 12.1. The van der Waals surface area contributed by atoms with Gasteiger partial charge in [-0.1, -0.05) is 45.1 Å². The van der Waals surface area contributed by atoms with Crippen LogP contribution in [0, 0.1) is 5.82 Å². The van der Waals surface area contributed by atoms with Gasteiger partial charge >= 0.3 is 0 Å². The van der Waals surface area contributed by atoms with E-state index in [1.165, 1.54) is 37.8 Å². The van der Waals surface area contributed by atoms with Crippen LogP contribution >= 0.6 is 0 Å². The van der Waals surface area contributed by atoms with Gasteiger partial charge in [0, 0.05) is 38.2 Å². The zero-order valence-corrected chi connectivity index (χ0v) is 15.2. The molecule has 0 aliphatic carbocycles. The maximum Gasteiger partial charge on any atom is 0.254 e. The lowest BCUT2D eigenvalue weighted by molar-refractivity contribution is -0.132. The Balaban J connectivity index is 1.70. The Kier molecular flexibility index (Phi) is 7.89. The number of nitrogens with zero attached hydrogens (tertiary/aromatic N) is 2. The lowest BCUT2D eigenvalue weighted by Gasteiger charge is -2.35. The molecule has 25 heavy (non-hydrogen) atoms. The number of unbranched alkanes of at least 4 members (excludes halogenated alkanes) is 5. The van der Waals surface area contributed by atoms with E-state index in [2.05, 4.69) is 6.92 Å². The molecule has 4 nitrogen and oxygen atoms in total. The van der Waals surface area contributed by atoms with E-state index in [1.54, 1.807) is 17.0 Å². The molecule has 1 aliphatic heterocycles. The summed E-state index contributed by atoms with van der Waals surface area (Å²) in [6.45, 7) is 4.35. The Morgan fingerprint density at radius 1 is 0.960 bits per heavy atom. The highest BCUT2D eigenvalue weighted by atomic mass is 19.1. The molecule has 1 fully saturated rings. The van der Waals surface area contributed by atoms with Gasteiger partial charge in [-0.15, -0.1) is 0 Å². The molecule has 0 atom stereocenters. The van der Waals surface area contributed by atoms with Crippen molar-refractivity contribution in [3.8, 4) is 0 Å². The number of hydrogen-bond donors (Lipinski definition) is 0. The fourth-order valence-corrected chi connectivity index (χ4v) is 3.18. The molecule has 0 spiro atoms. The SMILES string of the molecule is CCCCCCCCC(=O)N1CCN(C(=O)c2cccc(F)c2)CC1. The number of amides is 2. The first-order valence-corrected chi connectivity index (χ1v) is 9.44. The molecule has 2 rings (SSSR count). The standard InChI is InChI=1S/C20H29FN2O2/c1-2-3-4-5-6-7-11-19(24)22-12-14-23(15-13-22)20(25)17-9-8-10-18(21)16-17/h8-10,16H,2-7,11-15H2,1H3. The van der Waals surface area contributed by atoms with Crippen LogP contribution in [0.3, 0.4) is 0 Å². The number of piperazine rings is 1. The molecule has 0 N–H and O–H groups in total. The minimum absolute atomic E-state index is 0.164. The third-order valence-electron chi connectivity index (χ3n) is 4.74. The molecule has 1 heterocycles. The van der Waals surface area contributed by atoms with Crippen molar-refractivity contribution < 1.29 is 14.0 Å². The molecular formula is C20H29FN2O2. The quantitative estimate of drug-likeness (QED) is 0.669. The molecule has 1 aromatic rings. The van der Waals surface area contributed by atoms with Crippen LogP contribution in [0.1, 0.15) is 62.2 Å². The van der Waals surface area contributed by atoms with Crippen molar-refractivity contribution in [3.63, 3.8) is 0 Å². The number of carbonyl (C=O) groups excluding carboxylic acids is 2. The van der Waals surface area contributed by atoms with E-state index in [4.69, 9.17) is 0 Å². The second-order valence-corrected chi connectivity index (χ2v) is 6.70. The molecule has 0 saturated carbocycles. The summed E-state index contributed by atoms with van der Waals surface area (Å²) in [5, 5.41) is 0. The minimum Gasteiger partial charge on any atom is -0.339 e. The van der Waals surface area contributed by atoms with Crippen molar-refractivity contribution in [1.29, 1.82) is 0 Å². The van der Waals surface area contributed by atoms with Crippen molar-refractivity contribution in [1.82, 2.24) is 9.80 Å². The fourth-order valence-electron chi connectivity index (χ4n) is 3.18. The van der Waals surface area contributed by atoms with Gasteiger partial charge in [0.2, 0.25) is 5.91 Å². The summed E-state index contributed by atoms with van der Waals surface area (Å²) in [6.07, 6.45) is 7.63. The number of benzene rings is 1. The summed E-state index contributed by atoms with van der Waals surface area (Å²) in [4.78, 5) is 28.2. The zero-order valence-electron chi connectivity index (χ0n) is 15.2. The van der Waals surface area contributed by atoms with Crippen molar-refractivity contribution in [2.24, 2.45) is 0 Å². The van der Waals surface area contributed by atoms with Crippen LogP contribution in [-0.4, -0.2) is 47.8 Å². The van der Waals surface area contributed by atoms with Crippen molar-refractivity contribution in [2.45, 2.75) is 51.9 Å². The van der Waals surface area contributed by atoms with Crippen molar-refractivity contribution >= 4 is 11.8 Å². The molecule has 1 saturated heterocycles. The van der Waals surface area contributed by atoms with Crippen LogP contribution in [-0.2, 0) is 4.79 Å². The van der Waals surface area contributed by atoms with E-state index >= 15 is 0 Å². The molecule has 1 aromatic carbocycles. The van der Waals surface area contributed by atoms with Gasteiger partial charge in [0.1, 0.15) is 5.82 Å². The second kappa shape index (κ2) is 10.2. The minimum atomic E-state index is -0.404. The van der Waals surface area contributed by atoms with Gasteiger partial charge in [0.15, 0.2) is 0 Å². The molecule has 1 aliphatic rings. The Hall–Kier alpha value is -1.91. The predicted molar refractivity (Wildman–Crippen MR) is 96.9 cm³/mol. The monoisotopic (exact) mass is 348 g/mol. The van der Waals surface area contributed by atoms with Gasteiger partial charge in [0.05, 0.1) is 0 Å². The molecule has 0 radical (unpaired) electrons. The van der Waals surface area contributed by atoms with Crippen LogP contribution in [0.15, 0.2) is 24.3 Å². The van der Waals surface area contributed by atoms with E-state index in [0.717, 1.165) is 12.8 Å². The zero-order chi connectivity index (χ0) is 18.1. The Bertz CT molecular complexity index is 569. The van der Waals surface area contributed by atoms with Gasteiger partial charge in [-0.05, 0) is 24.6 Å². The highest BCUT2D eigenvalue weighted by Crippen LogP contribution is 2.13. The summed E-state index contributed by atoms with van der Waals surface area (Å²) in [5.74, 6) is -0.380. The van der Waals surface area contributed by atoms with Crippen LogP contribution in [0.2, 0.25) is 0 Å². The largest absolute Gasteiger partial charge is 0.339 e. The van der Waals surface area contributed by atoms with Gasteiger partial charge in [-0.3, -0.25) is 9.59 Å². The van der Waals surface area contributed by atoms with Gasteiger partial charge in [0.25, 0.3) is 5.91 Å². The average molecular weight is 348 g/mol. The molecular weight excluding hydrogens is 319 g/mol. The molecule has 5 heteroatoms. The highest BCUT2D eigenvalue weighted by molar-refractivity contribution is 5.94. The Labute approximate surface area is 150 Å². The van der Waals surface area contributed by atoms with Gasteiger partial charge < -0.3 is 9.80 Å². The number of hydrogen-bond acceptors (Lipinski definition) is 2. The van der Waals surface area contributed by atoms with Crippen LogP contribution in [0.25, 0.3) is 0 Å². The first-order valence-electron chi connectivity index (χ1n) is 9.44. The van der Waals surface area contributed by atoms with Crippen molar-refractivity contribution in [3.05, 3.63) is 35.6 Å². The molecule has 138 valence electrons. The topological polar surface area (TPSA) is 40.6 Å². The summed E-state index contributed by atoms with van der Waals surface area (Å²) in [5.41, 5.74) is 0.367. The Morgan fingerprint density at radius 3 is 2.28 bits per heavy atom. The lowest BCUT2D eigenvalue weighted by atomic mass is 10.1. The molecule has 0 unspecified atom stereocenters. The maximum atomic E-state index is 13.3. The van der Waals surface area contributed by atoms with E-state index in [-0.39, 0.29) is 11.8 Å². The van der Waals surface area contributed by atoms with E-state index < -0.39 is 5.82 Å². The first kappa shape index (κ1) is 19.4. The van der Waals surface area contributed by atoms with Crippen molar-refractivity contribution in [2.75, 3.05) is 26.2 Å². The normalized spacial score (nSPS) is 14.6. The Morgan fingerprint density at radius 2 is 1.60 bits per heavy atom.